The van der Waals surface area contributed by atoms with Crippen LogP contribution in [0, 0.1) is 0 Å². The van der Waals surface area contributed by atoms with E-state index in [9.17, 15) is 0 Å². The van der Waals surface area contributed by atoms with Gasteiger partial charge in [0.25, 0.3) is 0 Å². The molecular formula is C31H16Br4. The second-order valence-corrected chi connectivity index (χ2v) is 12.4. The SMILES string of the molecule is Brc1cc2c(cc1Br)C1(c3cc(Br)c(Br)cc3-c3ccccc3-2)c2ccccc2-c2ccccc21. The van der Waals surface area contributed by atoms with Gasteiger partial charge in [0.15, 0.2) is 0 Å². The lowest BCUT2D eigenvalue weighted by Gasteiger charge is -2.36. The van der Waals surface area contributed by atoms with E-state index >= 15 is 0 Å². The van der Waals surface area contributed by atoms with Crippen molar-refractivity contribution in [1.29, 1.82) is 0 Å². The van der Waals surface area contributed by atoms with E-state index in [4.69, 9.17) is 0 Å². The van der Waals surface area contributed by atoms with Crippen molar-refractivity contribution >= 4 is 63.7 Å². The molecule has 1 spiro atoms. The molecule has 7 rings (SSSR count). The summed E-state index contributed by atoms with van der Waals surface area (Å²) in [5.41, 5.74) is 12.3. The molecule has 0 saturated heterocycles. The van der Waals surface area contributed by atoms with Crippen LogP contribution in [0.25, 0.3) is 33.4 Å². The fourth-order valence-corrected chi connectivity index (χ4v) is 7.45. The minimum atomic E-state index is -0.469. The Morgan fingerprint density at radius 3 is 1.11 bits per heavy atom. The highest BCUT2D eigenvalue weighted by molar-refractivity contribution is 9.13. The van der Waals surface area contributed by atoms with Crippen molar-refractivity contribution in [3.05, 3.63) is 137 Å². The van der Waals surface area contributed by atoms with Crippen molar-refractivity contribution in [1.82, 2.24) is 0 Å². The van der Waals surface area contributed by atoms with Crippen molar-refractivity contribution in [2.45, 2.75) is 5.41 Å². The molecule has 0 aromatic heterocycles. The molecule has 0 heterocycles. The van der Waals surface area contributed by atoms with Crippen LogP contribution in [0.2, 0.25) is 0 Å². The maximum absolute atomic E-state index is 3.85. The average Bonchev–Trinajstić information content (AvgIpc) is 3.13. The molecule has 2 aliphatic carbocycles. The third-order valence-electron chi connectivity index (χ3n) is 7.39. The smallest absolute Gasteiger partial charge is 0.0619 e. The van der Waals surface area contributed by atoms with Gasteiger partial charge < -0.3 is 0 Å². The van der Waals surface area contributed by atoms with E-state index < -0.39 is 5.41 Å². The Bertz CT molecular complexity index is 1570. The standard InChI is InChI=1S/C31H16Br4/c32-27-13-21-17-7-1-2-8-18(17)22-14-28(33)30(35)16-26(22)31(25(21)15-29(27)34)23-11-5-3-9-19(23)20-10-4-6-12-24(20)31/h1-16H. The van der Waals surface area contributed by atoms with Crippen LogP contribution in [0.15, 0.2) is 115 Å². The highest BCUT2D eigenvalue weighted by atomic mass is 79.9. The lowest BCUT2D eigenvalue weighted by molar-refractivity contribution is 0.773. The molecule has 0 bridgehead atoms. The van der Waals surface area contributed by atoms with E-state index in [1.165, 1.54) is 55.6 Å². The summed E-state index contributed by atoms with van der Waals surface area (Å²) in [5, 5.41) is 0. The Hall–Kier alpha value is -1.98. The molecule has 0 fully saturated rings. The zero-order valence-corrected chi connectivity index (χ0v) is 24.6. The van der Waals surface area contributed by atoms with Gasteiger partial charge in [0, 0.05) is 17.9 Å². The van der Waals surface area contributed by atoms with Gasteiger partial charge in [-0.1, -0.05) is 72.8 Å². The Balaban J connectivity index is 1.80. The van der Waals surface area contributed by atoms with Gasteiger partial charge in [-0.2, -0.15) is 0 Å². The van der Waals surface area contributed by atoms with Crippen molar-refractivity contribution < 1.29 is 0 Å². The van der Waals surface area contributed by atoms with Crippen molar-refractivity contribution in [3.63, 3.8) is 0 Å². The molecule has 2 aliphatic rings. The predicted molar refractivity (Wildman–Crippen MR) is 159 cm³/mol. The first-order valence-corrected chi connectivity index (χ1v) is 14.5. The zero-order chi connectivity index (χ0) is 23.9. The first kappa shape index (κ1) is 22.2. The number of hydrogen-bond acceptors (Lipinski definition) is 0. The Labute approximate surface area is 237 Å². The number of halogens is 4. The first-order valence-electron chi connectivity index (χ1n) is 11.3. The molecule has 5 aromatic carbocycles. The molecule has 0 amide bonds. The van der Waals surface area contributed by atoms with E-state index in [2.05, 4.69) is 161 Å². The molecule has 0 atom stereocenters. The summed E-state index contributed by atoms with van der Waals surface area (Å²) >= 11 is 15.3. The third kappa shape index (κ3) is 2.94. The summed E-state index contributed by atoms with van der Waals surface area (Å²) < 4.78 is 4.20. The van der Waals surface area contributed by atoms with Crippen LogP contribution in [0.5, 0.6) is 0 Å². The molecule has 0 aliphatic heterocycles. The topological polar surface area (TPSA) is 0 Å². The molecule has 168 valence electrons. The van der Waals surface area contributed by atoms with E-state index in [1.807, 2.05) is 0 Å². The number of fused-ring (bicyclic) bond motifs is 12. The molecule has 0 saturated carbocycles. The maximum Gasteiger partial charge on any atom is 0.0726 e. The highest BCUT2D eigenvalue weighted by Crippen LogP contribution is 2.62. The molecule has 0 unspecified atom stereocenters. The third-order valence-corrected chi connectivity index (χ3v) is 11.1. The molecule has 0 N–H and O–H groups in total. The van der Waals surface area contributed by atoms with Crippen LogP contribution in [0.3, 0.4) is 0 Å². The van der Waals surface area contributed by atoms with Crippen LogP contribution >= 0.6 is 63.7 Å². The number of rotatable bonds is 0. The fraction of sp³-hybridized carbons (Fsp3) is 0.0323. The fourth-order valence-electron chi connectivity index (χ4n) is 6.07. The van der Waals surface area contributed by atoms with Gasteiger partial charge in [0.1, 0.15) is 0 Å². The van der Waals surface area contributed by atoms with Gasteiger partial charge in [0.2, 0.25) is 0 Å². The summed E-state index contributed by atoms with van der Waals surface area (Å²) in [4.78, 5) is 0. The summed E-state index contributed by atoms with van der Waals surface area (Å²) in [6.07, 6.45) is 0. The number of hydrogen-bond donors (Lipinski definition) is 0. The predicted octanol–water partition coefficient (Wildman–Crippen LogP) is 10.7. The quantitative estimate of drug-likeness (QED) is 0.147. The lowest BCUT2D eigenvalue weighted by atomic mass is 9.66. The van der Waals surface area contributed by atoms with Crippen LogP contribution in [-0.2, 0) is 5.41 Å². The molecule has 4 heteroatoms. The zero-order valence-electron chi connectivity index (χ0n) is 18.2. The van der Waals surface area contributed by atoms with E-state index in [0.717, 1.165) is 17.9 Å². The Morgan fingerprint density at radius 2 is 0.686 bits per heavy atom. The molecule has 0 nitrogen and oxygen atoms in total. The average molecular weight is 708 g/mol. The van der Waals surface area contributed by atoms with Gasteiger partial charge in [-0.05, 0) is 144 Å². The normalized spacial score (nSPS) is 13.9. The first-order chi connectivity index (χ1) is 17.0. The van der Waals surface area contributed by atoms with Crippen molar-refractivity contribution in [3.8, 4) is 33.4 Å². The largest absolute Gasteiger partial charge is 0.0726 e. The number of benzene rings is 5. The van der Waals surface area contributed by atoms with Gasteiger partial charge >= 0.3 is 0 Å². The second kappa shape index (κ2) is 8.01. The van der Waals surface area contributed by atoms with Gasteiger partial charge in [-0.3, -0.25) is 0 Å². The van der Waals surface area contributed by atoms with E-state index in [-0.39, 0.29) is 0 Å². The van der Waals surface area contributed by atoms with Crippen LogP contribution in [0.4, 0.5) is 0 Å². The summed E-state index contributed by atoms with van der Waals surface area (Å²) in [7, 11) is 0. The van der Waals surface area contributed by atoms with Gasteiger partial charge in [0.05, 0.1) is 5.41 Å². The van der Waals surface area contributed by atoms with Crippen molar-refractivity contribution in [2.75, 3.05) is 0 Å². The molecule has 5 aromatic rings. The summed E-state index contributed by atoms with van der Waals surface area (Å²) in [6, 6.07) is 35.8. The summed E-state index contributed by atoms with van der Waals surface area (Å²) in [6.45, 7) is 0. The minimum absolute atomic E-state index is 0.469. The van der Waals surface area contributed by atoms with Crippen LogP contribution in [0.1, 0.15) is 22.3 Å². The van der Waals surface area contributed by atoms with Gasteiger partial charge in [-0.15, -0.1) is 0 Å². The second-order valence-electron chi connectivity index (χ2n) is 9.01. The summed E-state index contributed by atoms with van der Waals surface area (Å²) in [5.74, 6) is 0. The lowest BCUT2D eigenvalue weighted by Crippen LogP contribution is -2.29. The van der Waals surface area contributed by atoms with Crippen molar-refractivity contribution in [2.24, 2.45) is 0 Å². The molecular weight excluding hydrogens is 692 g/mol. The maximum atomic E-state index is 3.85. The minimum Gasteiger partial charge on any atom is -0.0619 e. The Kier molecular flexibility index (Phi) is 5.09. The van der Waals surface area contributed by atoms with E-state index in [0.29, 0.717) is 0 Å². The van der Waals surface area contributed by atoms with Gasteiger partial charge in [-0.25, -0.2) is 0 Å². The molecule has 35 heavy (non-hydrogen) atoms. The molecule has 0 radical (unpaired) electrons. The van der Waals surface area contributed by atoms with Crippen LogP contribution < -0.4 is 0 Å². The monoisotopic (exact) mass is 704 g/mol. The van der Waals surface area contributed by atoms with E-state index in [1.54, 1.807) is 0 Å². The highest BCUT2D eigenvalue weighted by Gasteiger charge is 2.50. The Morgan fingerprint density at radius 1 is 0.343 bits per heavy atom. The van der Waals surface area contributed by atoms with Crippen LogP contribution in [-0.4, -0.2) is 0 Å².